The second-order valence-corrected chi connectivity index (χ2v) is 6.35. The van der Waals surface area contributed by atoms with Gasteiger partial charge in [-0.1, -0.05) is 12.1 Å². The molecule has 1 heterocycles. The summed E-state index contributed by atoms with van der Waals surface area (Å²) in [7, 11) is 0. The summed E-state index contributed by atoms with van der Waals surface area (Å²) in [4.78, 5) is 4.70. The smallest absolute Gasteiger partial charge is 0.0718 e. The van der Waals surface area contributed by atoms with Gasteiger partial charge in [-0.25, -0.2) is 0 Å². The highest BCUT2D eigenvalue weighted by molar-refractivity contribution is 5.54. The zero-order valence-corrected chi connectivity index (χ0v) is 12.8. The molecule has 2 N–H and O–H groups in total. The molecule has 0 amide bonds. The molecule has 0 aromatic heterocycles. The van der Waals surface area contributed by atoms with Crippen molar-refractivity contribution < 1.29 is 10.2 Å². The van der Waals surface area contributed by atoms with Gasteiger partial charge in [0.25, 0.3) is 0 Å². The maximum atomic E-state index is 9.88. The fraction of sp³-hybridized carbons (Fsp3) is 0.625. The molecule has 1 fully saturated rings. The van der Waals surface area contributed by atoms with Crippen LogP contribution in [-0.2, 0) is 6.61 Å². The third-order valence-corrected chi connectivity index (χ3v) is 3.77. The molecule has 0 atom stereocenters. The Bertz CT molecular complexity index is 446. The molecule has 2 rings (SSSR count). The molecule has 112 valence electrons. The Morgan fingerprint density at radius 3 is 2.30 bits per heavy atom. The van der Waals surface area contributed by atoms with Crippen molar-refractivity contribution >= 4 is 5.69 Å². The molecular formula is C16H26N2O2. The fourth-order valence-electron chi connectivity index (χ4n) is 2.86. The van der Waals surface area contributed by atoms with Crippen LogP contribution in [0.5, 0.6) is 0 Å². The van der Waals surface area contributed by atoms with Crippen LogP contribution in [0.1, 0.15) is 25.0 Å². The number of aliphatic hydroxyl groups is 2. The van der Waals surface area contributed by atoms with Gasteiger partial charge in [-0.3, -0.25) is 4.90 Å². The minimum Gasteiger partial charge on any atom is -0.392 e. The molecule has 0 unspecified atom stereocenters. The van der Waals surface area contributed by atoms with Crippen LogP contribution in [0.15, 0.2) is 18.2 Å². The van der Waals surface area contributed by atoms with Crippen LogP contribution < -0.4 is 4.90 Å². The zero-order valence-electron chi connectivity index (χ0n) is 12.8. The lowest BCUT2D eigenvalue weighted by molar-refractivity contribution is 0.0345. The van der Waals surface area contributed by atoms with Crippen molar-refractivity contribution in [3.63, 3.8) is 0 Å². The third kappa shape index (κ3) is 3.95. The van der Waals surface area contributed by atoms with E-state index < -0.39 is 5.60 Å². The van der Waals surface area contributed by atoms with E-state index in [2.05, 4.69) is 28.9 Å². The molecule has 1 saturated heterocycles. The summed E-state index contributed by atoms with van der Waals surface area (Å²) in [5.41, 5.74) is 2.81. The van der Waals surface area contributed by atoms with E-state index in [4.69, 9.17) is 5.11 Å². The number of nitrogens with zero attached hydrogens (tertiary/aromatic N) is 2. The summed E-state index contributed by atoms with van der Waals surface area (Å²) in [6.45, 7) is 10.6. The molecule has 4 nitrogen and oxygen atoms in total. The van der Waals surface area contributed by atoms with Gasteiger partial charge in [-0.2, -0.15) is 0 Å². The van der Waals surface area contributed by atoms with Gasteiger partial charge in [0.2, 0.25) is 0 Å². The first-order chi connectivity index (χ1) is 9.39. The number of hydrogen-bond acceptors (Lipinski definition) is 4. The Morgan fingerprint density at radius 1 is 1.15 bits per heavy atom. The van der Waals surface area contributed by atoms with Crippen molar-refractivity contribution in [3.8, 4) is 0 Å². The molecule has 20 heavy (non-hydrogen) atoms. The minimum atomic E-state index is -0.624. The molecule has 1 aromatic rings. The Labute approximate surface area is 121 Å². The van der Waals surface area contributed by atoms with E-state index in [1.54, 1.807) is 0 Å². The lowest BCUT2D eigenvalue weighted by Crippen LogP contribution is -2.50. The Kier molecular flexibility index (Phi) is 4.68. The maximum absolute atomic E-state index is 9.88. The van der Waals surface area contributed by atoms with Crippen LogP contribution in [0.2, 0.25) is 0 Å². The van der Waals surface area contributed by atoms with Crippen LogP contribution in [0, 0.1) is 6.92 Å². The van der Waals surface area contributed by atoms with Gasteiger partial charge in [0.1, 0.15) is 0 Å². The lowest BCUT2D eigenvalue weighted by atomic mass is 10.1. The molecule has 0 bridgehead atoms. The van der Waals surface area contributed by atoms with Gasteiger partial charge in [-0.05, 0) is 38.0 Å². The van der Waals surface area contributed by atoms with Gasteiger partial charge in [-0.15, -0.1) is 0 Å². The Morgan fingerprint density at radius 2 is 1.80 bits per heavy atom. The number of piperazine rings is 1. The summed E-state index contributed by atoms with van der Waals surface area (Å²) in [5, 5.41) is 19.0. The standard InChI is InChI=1S/C16H26N2O2/c1-13-10-14(11-19)4-5-15(13)18-8-6-17(7-9-18)12-16(2,3)20/h4-5,10,19-20H,6-9,11-12H2,1-3H3. The molecule has 1 aliphatic rings. The van der Waals surface area contributed by atoms with Crippen molar-refractivity contribution in [1.29, 1.82) is 0 Å². The summed E-state index contributed by atoms with van der Waals surface area (Å²) in [5.74, 6) is 0. The highest BCUT2D eigenvalue weighted by Crippen LogP contribution is 2.23. The monoisotopic (exact) mass is 278 g/mol. The van der Waals surface area contributed by atoms with Crippen molar-refractivity contribution in [3.05, 3.63) is 29.3 Å². The van der Waals surface area contributed by atoms with E-state index in [0.717, 1.165) is 38.3 Å². The first-order valence-corrected chi connectivity index (χ1v) is 7.29. The maximum Gasteiger partial charge on any atom is 0.0718 e. The summed E-state index contributed by atoms with van der Waals surface area (Å²) >= 11 is 0. The van der Waals surface area contributed by atoms with Crippen molar-refractivity contribution in [2.45, 2.75) is 33.0 Å². The minimum absolute atomic E-state index is 0.0977. The first kappa shape index (κ1) is 15.3. The van der Waals surface area contributed by atoms with Crippen molar-refractivity contribution in [2.75, 3.05) is 37.6 Å². The van der Waals surface area contributed by atoms with Crippen LogP contribution in [0.4, 0.5) is 5.69 Å². The predicted octanol–water partition coefficient (Wildman–Crippen LogP) is 1.38. The molecule has 0 radical (unpaired) electrons. The van der Waals surface area contributed by atoms with E-state index in [1.165, 1.54) is 11.3 Å². The van der Waals surface area contributed by atoms with Gasteiger partial charge < -0.3 is 15.1 Å². The molecular weight excluding hydrogens is 252 g/mol. The normalized spacial score (nSPS) is 17.6. The second kappa shape index (κ2) is 6.12. The number of benzene rings is 1. The van der Waals surface area contributed by atoms with Crippen LogP contribution in [0.3, 0.4) is 0 Å². The number of β-amino-alcohol motifs (C(OH)–C–C–N with tert-alkyl or cyclic N) is 1. The Balaban J connectivity index is 1.97. The van der Waals surface area contributed by atoms with E-state index in [9.17, 15) is 5.11 Å². The number of aliphatic hydroxyl groups excluding tert-OH is 1. The average molecular weight is 278 g/mol. The lowest BCUT2D eigenvalue weighted by Gasteiger charge is -2.39. The van der Waals surface area contributed by atoms with E-state index >= 15 is 0 Å². The first-order valence-electron chi connectivity index (χ1n) is 7.29. The zero-order chi connectivity index (χ0) is 14.8. The summed E-state index contributed by atoms with van der Waals surface area (Å²) in [6, 6.07) is 6.15. The highest BCUT2D eigenvalue weighted by Gasteiger charge is 2.23. The fourth-order valence-corrected chi connectivity index (χ4v) is 2.86. The number of anilines is 1. The van der Waals surface area contributed by atoms with Gasteiger partial charge >= 0.3 is 0 Å². The van der Waals surface area contributed by atoms with E-state index in [0.29, 0.717) is 0 Å². The molecule has 4 heteroatoms. The third-order valence-electron chi connectivity index (χ3n) is 3.77. The SMILES string of the molecule is Cc1cc(CO)ccc1N1CCN(CC(C)(C)O)CC1. The highest BCUT2D eigenvalue weighted by atomic mass is 16.3. The molecule has 0 spiro atoms. The van der Waals surface area contributed by atoms with Gasteiger partial charge in [0.05, 0.1) is 12.2 Å². The largest absolute Gasteiger partial charge is 0.392 e. The van der Waals surface area contributed by atoms with Crippen molar-refractivity contribution in [2.24, 2.45) is 0 Å². The van der Waals surface area contributed by atoms with Crippen LogP contribution >= 0.6 is 0 Å². The molecule has 1 aliphatic heterocycles. The molecule has 0 aliphatic carbocycles. The molecule has 1 aromatic carbocycles. The van der Waals surface area contributed by atoms with Crippen LogP contribution in [0.25, 0.3) is 0 Å². The second-order valence-electron chi connectivity index (χ2n) is 6.35. The number of aryl methyl sites for hydroxylation is 1. The summed E-state index contributed by atoms with van der Waals surface area (Å²) < 4.78 is 0. The number of hydrogen-bond donors (Lipinski definition) is 2. The number of rotatable bonds is 4. The van der Waals surface area contributed by atoms with Crippen LogP contribution in [-0.4, -0.2) is 53.4 Å². The average Bonchev–Trinajstić information content (AvgIpc) is 2.38. The Hall–Kier alpha value is -1.10. The topological polar surface area (TPSA) is 46.9 Å². The van der Waals surface area contributed by atoms with Crippen molar-refractivity contribution in [1.82, 2.24) is 4.90 Å². The van der Waals surface area contributed by atoms with E-state index in [1.807, 2.05) is 19.9 Å². The quantitative estimate of drug-likeness (QED) is 0.873. The van der Waals surface area contributed by atoms with E-state index in [-0.39, 0.29) is 6.61 Å². The molecule has 0 saturated carbocycles. The van der Waals surface area contributed by atoms with Gasteiger partial charge in [0.15, 0.2) is 0 Å². The summed E-state index contributed by atoms with van der Waals surface area (Å²) in [6.07, 6.45) is 0. The van der Waals surface area contributed by atoms with Gasteiger partial charge in [0, 0.05) is 38.4 Å². The predicted molar refractivity (Wildman–Crippen MR) is 82.1 cm³/mol.